The highest BCUT2D eigenvalue weighted by molar-refractivity contribution is 7.13. The highest BCUT2D eigenvalue weighted by atomic mass is 32.1. The molecule has 1 N–H and O–H groups in total. The standard InChI is InChI=1S/C12H13FN2S/c13-8-4-5-9-11(7-8)16-15-12(9)10-3-1-2-6-14-10/h4-5,7,10,14H,1-3,6H2. The molecule has 0 spiro atoms. The summed E-state index contributed by atoms with van der Waals surface area (Å²) in [5.41, 5.74) is 1.10. The molecule has 1 aromatic heterocycles. The van der Waals surface area contributed by atoms with Crippen LogP contribution in [-0.2, 0) is 0 Å². The Hall–Kier alpha value is -1.00. The molecular formula is C12H13FN2S. The Morgan fingerprint density at radius 2 is 2.31 bits per heavy atom. The monoisotopic (exact) mass is 236 g/mol. The normalized spacial score (nSPS) is 21.4. The van der Waals surface area contributed by atoms with Gasteiger partial charge >= 0.3 is 0 Å². The van der Waals surface area contributed by atoms with Crippen LogP contribution >= 0.6 is 11.5 Å². The van der Waals surface area contributed by atoms with Crippen LogP contribution in [0.3, 0.4) is 0 Å². The van der Waals surface area contributed by atoms with E-state index < -0.39 is 0 Å². The van der Waals surface area contributed by atoms with Crippen LogP contribution in [0.25, 0.3) is 10.1 Å². The van der Waals surface area contributed by atoms with E-state index in [9.17, 15) is 4.39 Å². The third kappa shape index (κ3) is 1.72. The highest BCUT2D eigenvalue weighted by Gasteiger charge is 2.19. The predicted molar refractivity (Wildman–Crippen MR) is 64.2 cm³/mol. The SMILES string of the molecule is Fc1ccc2c(C3CCCCN3)nsc2c1. The van der Waals surface area contributed by atoms with Gasteiger partial charge in [0.05, 0.1) is 16.4 Å². The molecule has 2 heterocycles. The molecule has 0 bridgehead atoms. The topological polar surface area (TPSA) is 24.9 Å². The lowest BCUT2D eigenvalue weighted by molar-refractivity contribution is 0.409. The average Bonchev–Trinajstić information content (AvgIpc) is 2.73. The van der Waals surface area contributed by atoms with Crippen LogP contribution in [0.2, 0.25) is 0 Å². The lowest BCUT2D eigenvalue weighted by Crippen LogP contribution is -2.27. The summed E-state index contributed by atoms with van der Waals surface area (Å²) in [6, 6.07) is 5.29. The van der Waals surface area contributed by atoms with Gasteiger partial charge in [0, 0.05) is 5.39 Å². The van der Waals surface area contributed by atoms with Gasteiger partial charge < -0.3 is 5.32 Å². The number of nitrogens with zero attached hydrogens (tertiary/aromatic N) is 1. The minimum absolute atomic E-state index is 0.181. The lowest BCUT2D eigenvalue weighted by atomic mass is 10.00. The van der Waals surface area contributed by atoms with Crippen LogP contribution in [0.1, 0.15) is 31.0 Å². The van der Waals surface area contributed by atoms with Crippen LogP contribution in [-0.4, -0.2) is 10.9 Å². The summed E-state index contributed by atoms with van der Waals surface area (Å²) >= 11 is 1.39. The Labute approximate surface area is 97.6 Å². The molecule has 1 atom stereocenters. The quantitative estimate of drug-likeness (QED) is 0.822. The number of piperidine rings is 1. The molecule has 0 aliphatic carbocycles. The van der Waals surface area contributed by atoms with Crippen molar-refractivity contribution in [3.05, 3.63) is 29.7 Å². The van der Waals surface area contributed by atoms with Crippen LogP contribution in [0, 0.1) is 5.82 Å². The summed E-state index contributed by atoms with van der Waals surface area (Å²) in [5.74, 6) is -0.181. The fourth-order valence-corrected chi connectivity index (χ4v) is 3.13. The molecule has 1 aliphatic heterocycles. The number of fused-ring (bicyclic) bond motifs is 1. The van der Waals surface area contributed by atoms with Crippen molar-refractivity contribution in [1.82, 2.24) is 9.69 Å². The molecule has 2 aromatic rings. The molecule has 2 nitrogen and oxygen atoms in total. The maximum atomic E-state index is 13.1. The van der Waals surface area contributed by atoms with Crippen molar-refractivity contribution in [3.8, 4) is 0 Å². The first-order valence-electron chi connectivity index (χ1n) is 5.63. The largest absolute Gasteiger partial charge is 0.309 e. The Balaban J connectivity index is 2.03. The zero-order valence-corrected chi connectivity index (χ0v) is 9.69. The molecule has 0 saturated carbocycles. The first-order valence-corrected chi connectivity index (χ1v) is 6.40. The number of benzene rings is 1. The van der Waals surface area contributed by atoms with Gasteiger partial charge in [0.15, 0.2) is 0 Å². The molecular weight excluding hydrogens is 223 g/mol. The van der Waals surface area contributed by atoms with Gasteiger partial charge in [-0.2, -0.15) is 4.37 Å². The Bertz CT molecular complexity index is 503. The van der Waals surface area contributed by atoms with Gasteiger partial charge in [-0.3, -0.25) is 0 Å². The number of hydrogen-bond acceptors (Lipinski definition) is 3. The number of rotatable bonds is 1. The molecule has 1 aliphatic rings. The van der Waals surface area contributed by atoms with Crippen molar-refractivity contribution in [2.45, 2.75) is 25.3 Å². The molecule has 0 radical (unpaired) electrons. The number of halogens is 1. The average molecular weight is 236 g/mol. The fourth-order valence-electron chi connectivity index (χ4n) is 2.27. The third-order valence-corrected chi connectivity index (χ3v) is 3.92. The Kier molecular flexibility index (Phi) is 2.61. The van der Waals surface area contributed by atoms with E-state index in [-0.39, 0.29) is 5.82 Å². The van der Waals surface area contributed by atoms with E-state index in [1.54, 1.807) is 6.07 Å². The van der Waals surface area contributed by atoms with Gasteiger partial charge in [0.1, 0.15) is 5.82 Å². The van der Waals surface area contributed by atoms with Crippen molar-refractivity contribution < 1.29 is 4.39 Å². The lowest BCUT2D eigenvalue weighted by Gasteiger charge is -2.22. The minimum Gasteiger partial charge on any atom is -0.309 e. The summed E-state index contributed by atoms with van der Waals surface area (Å²) < 4.78 is 18.5. The molecule has 3 rings (SSSR count). The molecule has 84 valence electrons. The second-order valence-corrected chi connectivity index (χ2v) is 5.02. The van der Waals surface area contributed by atoms with Crippen LogP contribution < -0.4 is 5.32 Å². The van der Waals surface area contributed by atoms with E-state index in [1.165, 1.54) is 30.4 Å². The molecule has 4 heteroatoms. The first kappa shape index (κ1) is 10.2. The van der Waals surface area contributed by atoms with Crippen LogP contribution in [0.5, 0.6) is 0 Å². The third-order valence-electron chi connectivity index (χ3n) is 3.10. The highest BCUT2D eigenvalue weighted by Crippen LogP contribution is 2.31. The summed E-state index contributed by atoms with van der Waals surface area (Å²) in [6.45, 7) is 1.06. The number of hydrogen-bond donors (Lipinski definition) is 1. The minimum atomic E-state index is -0.181. The van der Waals surface area contributed by atoms with E-state index in [0.29, 0.717) is 6.04 Å². The fraction of sp³-hybridized carbons (Fsp3) is 0.417. The molecule has 1 unspecified atom stereocenters. The van der Waals surface area contributed by atoms with Crippen molar-refractivity contribution in [3.63, 3.8) is 0 Å². The number of aromatic nitrogens is 1. The van der Waals surface area contributed by atoms with Crippen molar-refractivity contribution >= 4 is 21.6 Å². The molecule has 1 aromatic carbocycles. The van der Waals surface area contributed by atoms with Gasteiger partial charge in [-0.15, -0.1) is 0 Å². The zero-order valence-electron chi connectivity index (χ0n) is 8.87. The maximum Gasteiger partial charge on any atom is 0.124 e. The molecule has 16 heavy (non-hydrogen) atoms. The van der Waals surface area contributed by atoms with Gasteiger partial charge in [-0.1, -0.05) is 6.42 Å². The van der Waals surface area contributed by atoms with Crippen molar-refractivity contribution in [1.29, 1.82) is 0 Å². The van der Waals surface area contributed by atoms with E-state index in [4.69, 9.17) is 0 Å². The van der Waals surface area contributed by atoms with E-state index >= 15 is 0 Å². The van der Waals surface area contributed by atoms with Crippen LogP contribution in [0.15, 0.2) is 18.2 Å². The molecule has 0 amide bonds. The Morgan fingerprint density at radius 1 is 1.38 bits per heavy atom. The summed E-state index contributed by atoms with van der Waals surface area (Å²) in [6.07, 6.45) is 3.63. The Morgan fingerprint density at radius 3 is 3.12 bits per heavy atom. The molecule has 1 fully saturated rings. The van der Waals surface area contributed by atoms with Gasteiger partial charge in [-0.25, -0.2) is 4.39 Å². The number of nitrogens with one attached hydrogen (secondary N) is 1. The predicted octanol–water partition coefficient (Wildman–Crippen LogP) is 3.25. The maximum absolute atomic E-state index is 13.1. The zero-order chi connectivity index (χ0) is 11.0. The second-order valence-electron chi connectivity index (χ2n) is 4.21. The van der Waals surface area contributed by atoms with E-state index in [0.717, 1.165) is 28.7 Å². The van der Waals surface area contributed by atoms with Gasteiger partial charge in [0.25, 0.3) is 0 Å². The molecule has 1 saturated heterocycles. The van der Waals surface area contributed by atoms with Gasteiger partial charge in [0.2, 0.25) is 0 Å². The summed E-state index contributed by atoms with van der Waals surface area (Å²) in [5, 5.41) is 4.58. The van der Waals surface area contributed by atoms with Crippen molar-refractivity contribution in [2.75, 3.05) is 6.54 Å². The van der Waals surface area contributed by atoms with Gasteiger partial charge in [-0.05, 0) is 49.1 Å². The first-order chi connectivity index (χ1) is 7.84. The van der Waals surface area contributed by atoms with Crippen molar-refractivity contribution in [2.24, 2.45) is 0 Å². The summed E-state index contributed by atoms with van der Waals surface area (Å²) in [4.78, 5) is 0. The smallest absolute Gasteiger partial charge is 0.124 e. The van der Waals surface area contributed by atoms with E-state index in [2.05, 4.69) is 9.69 Å². The van der Waals surface area contributed by atoms with E-state index in [1.807, 2.05) is 6.07 Å². The summed E-state index contributed by atoms with van der Waals surface area (Å²) in [7, 11) is 0. The van der Waals surface area contributed by atoms with Crippen LogP contribution in [0.4, 0.5) is 4.39 Å². The second kappa shape index (κ2) is 4.11.